The van der Waals surface area contributed by atoms with Crippen molar-refractivity contribution >= 4 is 0 Å². The molecule has 19 heavy (non-hydrogen) atoms. The highest BCUT2D eigenvalue weighted by molar-refractivity contribution is 4.91. The molecule has 0 amide bonds. The molecule has 2 rings (SSSR count). The fourth-order valence-corrected chi connectivity index (χ4v) is 2.83. The second-order valence-electron chi connectivity index (χ2n) is 6.04. The molecular weight excluding hydrogens is 240 g/mol. The lowest BCUT2D eigenvalue weighted by Gasteiger charge is -2.39. The Kier molecular flexibility index (Phi) is 4.93. The Bertz CT molecular complexity index is 391. The van der Waals surface area contributed by atoms with Gasteiger partial charge in [0.1, 0.15) is 0 Å². The van der Waals surface area contributed by atoms with Crippen LogP contribution < -0.4 is 5.73 Å². The van der Waals surface area contributed by atoms with E-state index in [0.717, 1.165) is 24.7 Å². The van der Waals surface area contributed by atoms with Gasteiger partial charge in [-0.15, -0.1) is 0 Å². The van der Waals surface area contributed by atoms with Crippen LogP contribution in [-0.2, 0) is 13.0 Å². The highest BCUT2D eigenvalue weighted by atomic mass is 16.5. The van der Waals surface area contributed by atoms with Crippen molar-refractivity contribution in [2.75, 3.05) is 6.54 Å². The van der Waals surface area contributed by atoms with Gasteiger partial charge in [-0.3, -0.25) is 4.90 Å². The summed E-state index contributed by atoms with van der Waals surface area (Å²) in [4.78, 5) is 6.91. The third-order valence-corrected chi connectivity index (χ3v) is 3.88. The zero-order valence-corrected chi connectivity index (χ0v) is 12.3. The second-order valence-corrected chi connectivity index (χ2v) is 6.04. The number of nitrogens with zero attached hydrogens (tertiary/aromatic N) is 3. The standard InChI is InChI=1S/C14H26N4O/c1-10(2)7-14-16-13(17-19-14)9-18-11(3)5-4-6-12(18)8-15/h10-12H,4-9,15H2,1-3H3. The van der Waals surface area contributed by atoms with Crippen LogP contribution in [0, 0.1) is 5.92 Å². The van der Waals surface area contributed by atoms with E-state index in [1.165, 1.54) is 19.3 Å². The Hall–Kier alpha value is -0.940. The van der Waals surface area contributed by atoms with Gasteiger partial charge in [0.05, 0.1) is 6.54 Å². The first kappa shape index (κ1) is 14.5. The number of rotatable bonds is 5. The van der Waals surface area contributed by atoms with Crippen LogP contribution in [0.4, 0.5) is 0 Å². The van der Waals surface area contributed by atoms with Crippen LogP contribution in [0.5, 0.6) is 0 Å². The normalized spacial score (nSPS) is 25.1. The molecule has 1 aliphatic heterocycles. The van der Waals surface area contributed by atoms with Gasteiger partial charge in [-0.05, 0) is 25.7 Å². The van der Waals surface area contributed by atoms with Gasteiger partial charge < -0.3 is 10.3 Å². The minimum Gasteiger partial charge on any atom is -0.339 e. The average Bonchev–Trinajstić information content (AvgIpc) is 2.78. The van der Waals surface area contributed by atoms with Gasteiger partial charge in [-0.1, -0.05) is 25.4 Å². The fourth-order valence-electron chi connectivity index (χ4n) is 2.83. The summed E-state index contributed by atoms with van der Waals surface area (Å²) in [7, 11) is 0. The van der Waals surface area contributed by atoms with E-state index in [1.54, 1.807) is 0 Å². The SMILES string of the molecule is CC(C)Cc1nc(CN2C(C)CCCC2CN)no1. The van der Waals surface area contributed by atoms with E-state index in [9.17, 15) is 0 Å². The summed E-state index contributed by atoms with van der Waals surface area (Å²) in [5.41, 5.74) is 5.87. The largest absolute Gasteiger partial charge is 0.339 e. The maximum absolute atomic E-state index is 5.87. The number of hydrogen-bond acceptors (Lipinski definition) is 5. The van der Waals surface area contributed by atoms with Gasteiger partial charge >= 0.3 is 0 Å². The molecule has 0 spiro atoms. The number of piperidine rings is 1. The van der Waals surface area contributed by atoms with Crippen LogP contribution in [0.2, 0.25) is 0 Å². The molecule has 2 atom stereocenters. The summed E-state index contributed by atoms with van der Waals surface area (Å²) >= 11 is 0. The average molecular weight is 266 g/mol. The fraction of sp³-hybridized carbons (Fsp3) is 0.857. The summed E-state index contributed by atoms with van der Waals surface area (Å²) in [6.07, 6.45) is 4.53. The number of likely N-dealkylation sites (tertiary alicyclic amines) is 1. The van der Waals surface area contributed by atoms with Crippen molar-refractivity contribution in [3.63, 3.8) is 0 Å². The molecule has 0 saturated carbocycles. The van der Waals surface area contributed by atoms with Crippen LogP contribution in [0.3, 0.4) is 0 Å². The second kappa shape index (κ2) is 6.48. The topological polar surface area (TPSA) is 68.2 Å². The van der Waals surface area contributed by atoms with E-state index in [0.29, 0.717) is 24.5 Å². The number of nitrogens with two attached hydrogens (primary N) is 1. The number of hydrogen-bond donors (Lipinski definition) is 1. The van der Waals surface area contributed by atoms with Crippen LogP contribution >= 0.6 is 0 Å². The third kappa shape index (κ3) is 3.76. The maximum Gasteiger partial charge on any atom is 0.226 e. The van der Waals surface area contributed by atoms with E-state index < -0.39 is 0 Å². The Balaban J connectivity index is 2.00. The third-order valence-electron chi connectivity index (χ3n) is 3.88. The highest BCUT2D eigenvalue weighted by Gasteiger charge is 2.28. The summed E-state index contributed by atoms with van der Waals surface area (Å²) in [6.45, 7) is 8.03. The van der Waals surface area contributed by atoms with Gasteiger partial charge in [0.15, 0.2) is 5.82 Å². The monoisotopic (exact) mass is 266 g/mol. The Morgan fingerprint density at radius 2 is 2.21 bits per heavy atom. The Labute approximate surface area is 115 Å². The van der Waals surface area contributed by atoms with E-state index >= 15 is 0 Å². The smallest absolute Gasteiger partial charge is 0.226 e. The molecule has 5 heteroatoms. The Morgan fingerprint density at radius 3 is 2.89 bits per heavy atom. The maximum atomic E-state index is 5.87. The molecule has 1 saturated heterocycles. The summed E-state index contributed by atoms with van der Waals surface area (Å²) in [5, 5.41) is 4.10. The molecule has 1 aromatic heterocycles. The number of aromatic nitrogens is 2. The van der Waals surface area contributed by atoms with E-state index in [-0.39, 0.29) is 0 Å². The quantitative estimate of drug-likeness (QED) is 0.882. The lowest BCUT2D eigenvalue weighted by atomic mass is 9.96. The predicted molar refractivity (Wildman–Crippen MR) is 74.5 cm³/mol. The van der Waals surface area contributed by atoms with Crippen molar-refractivity contribution in [2.24, 2.45) is 11.7 Å². The van der Waals surface area contributed by atoms with E-state index in [1.807, 2.05) is 0 Å². The van der Waals surface area contributed by atoms with Crippen molar-refractivity contribution in [2.45, 2.75) is 65.1 Å². The van der Waals surface area contributed by atoms with Crippen LogP contribution in [-0.4, -0.2) is 33.7 Å². The molecule has 108 valence electrons. The summed E-state index contributed by atoms with van der Waals surface area (Å²) < 4.78 is 5.30. The molecule has 1 fully saturated rings. The molecule has 0 aromatic carbocycles. The molecule has 0 bridgehead atoms. The minimum absolute atomic E-state index is 0.454. The van der Waals surface area contributed by atoms with Gasteiger partial charge in [-0.2, -0.15) is 4.98 Å². The van der Waals surface area contributed by atoms with Gasteiger partial charge in [-0.25, -0.2) is 0 Å². The molecule has 0 aliphatic carbocycles. The molecule has 0 radical (unpaired) electrons. The molecule has 1 aliphatic rings. The van der Waals surface area contributed by atoms with E-state index in [2.05, 4.69) is 35.8 Å². The zero-order chi connectivity index (χ0) is 13.8. The molecule has 2 N–H and O–H groups in total. The first-order valence-electron chi connectivity index (χ1n) is 7.37. The molecule has 5 nitrogen and oxygen atoms in total. The zero-order valence-electron chi connectivity index (χ0n) is 12.3. The molecule has 1 aromatic rings. The predicted octanol–water partition coefficient (Wildman–Crippen LogP) is 1.97. The van der Waals surface area contributed by atoms with E-state index in [4.69, 9.17) is 10.3 Å². The van der Waals surface area contributed by atoms with Gasteiger partial charge in [0.25, 0.3) is 0 Å². The van der Waals surface area contributed by atoms with Crippen molar-refractivity contribution in [1.82, 2.24) is 15.0 Å². The molecular formula is C14H26N4O. The van der Waals surface area contributed by atoms with Crippen molar-refractivity contribution in [3.8, 4) is 0 Å². The lowest BCUT2D eigenvalue weighted by molar-refractivity contribution is 0.0854. The minimum atomic E-state index is 0.454. The van der Waals surface area contributed by atoms with Crippen LogP contribution in [0.15, 0.2) is 4.52 Å². The van der Waals surface area contributed by atoms with Gasteiger partial charge in [0.2, 0.25) is 5.89 Å². The Morgan fingerprint density at radius 1 is 1.42 bits per heavy atom. The van der Waals surface area contributed by atoms with Crippen molar-refractivity contribution in [1.29, 1.82) is 0 Å². The first-order valence-corrected chi connectivity index (χ1v) is 7.37. The van der Waals surface area contributed by atoms with Crippen molar-refractivity contribution in [3.05, 3.63) is 11.7 Å². The van der Waals surface area contributed by atoms with Crippen LogP contribution in [0.25, 0.3) is 0 Å². The molecule has 2 unspecified atom stereocenters. The van der Waals surface area contributed by atoms with Crippen LogP contribution in [0.1, 0.15) is 51.7 Å². The first-order chi connectivity index (χ1) is 9.10. The summed E-state index contributed by atoms with van der Waals surface area (Å²) in [6, 6.07) is 1.00. The molecule has 2 heterocycles. The highest BCUT2D eigenvalue weighted by Crippen LogP contribution is 2.23. The van der Waals surface area contributed by atoms with Crippen molar-refractivity contribution < 1.29 is 4.52 Å². The van der Waals surface area contributed by atoms with Gasteiger partial charge in [0, 0.05) is 25.0 Å². The summed E-state index contributed by atoms with van der Waals surface area (Å²) in [5.74, 6) is 2.08. The lowest BCUT2D eigenvalue weighted by Crippen LogP contribution is -2.48.